The van der Waals surface area contributed by atoms with Crippen molar-refractivity contribution in [2.75, 3.05) is 10.6 Å². The fourth-order valence-corrected chi connectivity index (χ4v) is 2.60. The second kappa shape index (κ2) is 9.09. The smallest absolute Gasteiger partial charge is 0.323 e. The first-order valence-electron chi connectivity index (χ1n) is 8.94. The SMILES string of the molecule is O=C(/C=C/c1ccccc1)Nc1ccc(C(=O)Nc2cccc(C(F)(F)F)c2)cc1. The first-order chi connectivity index (χ1) is 14.3. The molecule has 0 fully saturated rings. The first kappa shape index (κ1) is 20.9. The number of rotatable bonds is 5. The van der Waals surface area contributed by atoms with E-state index in [9.17, 15) is 22.8 Å². The maximum absolute atomic E-state index is 12.8. The van der Waals surface area contributed by atoms with Crippen LogP contribution in [0.4, 0.5) is 24.5 Å². The molecule has 30 heavy (non-hydrogen) atoms. The Labute approximate surface area is 171 Å². The second-order valence-electron chi connectivity index (χ2n) is 6.34. The van der Waals surface area contributed by atoms with E-state index >= 15 is 0 Å². The summed E-state index contributed by atoms with van der Waals surface area (Å²) in [6, 6.07) is 19.7. The molecule has 0 atom stereocenters. The Morgan fingerprint density at radius 3 is 2.13 bits per heavy atom. The molecule has 152 valence electrons. The summed E-state index contributed by atoms with van der Waals surface area (Å²) in [5.41, 5.74) is 0.799. The minimum atomic E-state index is -4.49. The van der Waals surface area contributed by atoms with Gasteiger partial charge >= 0.3 is 6.18 Å². The Bertz CT molecular complexity index is 1060. The molecule has 0 saturated heterocycles. The number of alkyl halides is 3. The Morgan fingerprint density at radius 2 is 1.47 bits per heavy atom. The highest BCUT2D eigenvalue weighted by Crippen LogP contribution is 2.30. The normalized spacial score (nSPS) is 11.3. The number of benzene rings is 3. The topological polar surface area (TPSA) is 58.2 Å². The van der Waals surface area contributed by atoms with Crippen molar-refractivity contribution >= 4 is 29.3 Å². The van der Waals surface area contributed by atoms with E-state index in [-0.39, 0.29) is 17.2 Å². The first-order valence-corrected chi connectivity index (χ1v) is 8.94. The summed E-state index contributed by atoms with van der Waals surface area (Å²) in [6.07, 6.45) is -1.43. The number of halogens is 3. The van der Waals surface area contributed by atoms with Crippen molar-refractivity contribution in [3.63, 3.8) is 0 Å². The molecule has 3 aromatic rings. The molecule has 2 amide bonds. The molecule has 0 unspecified atom stereocenters. The number of hydrogen-bond acceptors (Lipinski definition) is 2. The molecule has 2 N–H and O–H groups in total. The van der Waals surface area contributed by atoms with Gasteiger partial charge in [-0.1, -0.05) is 36.4 Å². The molecular formula is C23H17F3N2O2. The van der Waals surface area contributed by atoms with E-state index in [0.717, 1.165) is 17.7 Å². The maximum Gasteiger partial charge on any atom is 0.416 e. The zero-order valence-corrected chi connectivity index (χ0v) is 15.6. The molecule has 0 aliphatic carbocycles. The predicted octanol–water partition coefficient (Wildman–Crippen LogP) is 5.61. The summed E-state index contributed by atoms with van der Waals surface area (Å²) in [5, 5.41) is 5.10. The van der Waals surface area contributed by atoms with Gasteiger partial charge in [-0.3, -0.25) is 9.59 Å². The third-order valence-electron chi connectivity index (χ3n) is 4.09. The standard InChI is InChI=1S/C23H17F3N2O2/c24-23(25,26)18-7-4-8-20(15-18)28-22(30)17-10-12-19(13-11-17)27-21(29)14-9-16-5-2-1-3-6-16/h1-15H,(H,27,29)(H,28,30)/b14-9+. The molecule has 7 heteroatoms. The van der Waals surface area contributed by atoms with E-state index in [2.05, 4.69) is 10.6 Å². The van der Waals surface area contributed by atoms with E-state index in [1.807, 2.05) is 30.3 Å². The largest absolute Gasteiger partial charge is 0.416 e. The highest BCUT2D eigenvalue weighted by molar-refractivity contribution is 6.05. The van der Waals surface area contributed by atoms with Gasteiger partial charge < -0.3 is 10.6 Å². The van der Waals surface area contributed by atoms with Gasteiger partial charge in [-0.15, -0.1) is 0 Å². The molecule has 3 aromatic carbocycles. The van der Waals surface area contributed by atoms with Crippen LogP contribution in [-0.4, -0.2) is 11.8 Å². The summed E-state index contributed by atoms with van der Waals surface area (Å²) in [7, 11) is 0. The third-order valence-corrected chi connectivity index (χ3v) is 4.09. The zero-order valence-electron chi connectivity index (χ0n) is 15.6. The highest BCUT2D eigenvalue weighted by Gasteiger charge is 2.30. The van der Waals surface area contributed by atoms with Crippen molar-refractivity contribution in [1.82, 2.24) is 0 Å². The minimum absolute atomic E-state index is 0.0400. The van der Waals surface area contributed by atoms with E-state index in [1.54, 1.807) is 6.08 Å². The summed E-state index contributed by atoms with van der Waals surface area (Å²) in [6.45, 7) is 0. The van der Waals surface area contributed by atoms with Crippen molar-refractivity contribution in [2.24, 2.45) is 0 Å². The van der Waals surface area contributed by atoms with Crippen LogP contribution in [0, 0.1) is 0 Å². The van der Waals surface area contributed by atoms with Gasteiger partial charge in [-0.2, -0.15) is 13.2 Å². The highest BCUT2D eigenvalue weighted by atomic mass is 19.4. The summed E-state index contributed by atoms with van der Waals surface area (Å²) in [5.74, 6) is -0.892. The van der Waals surface area contributed by atoms with Crippen LogP contribution in [0.25, 0.3) is 6.08 Å². The van der Waals surface area contributed by atoms with E-state index in [0.29, 0.717) is 5.69 Å². The molecule has 3 rings (SSSR count). The molecule has 0 radical (unpaired) electrons. The second-order valence-corrected chi connectivity index (χ2v) is 6.34. The monoisotopic (exact) mass is 410 g/mol. The Balaban J connectivity index is 1.60. The van der Waals surface area contributed by atoms with E-state index in [4.69, 9.17) is 0 Å². The molecule has 4 nitrogen and oxygen atoms in total. The van der Waals surface area contributed by atoms with Crippen molar-refractivity contribution in [3.05, 3.63) is 102 Å². The molecule has 0 aliphatic rings. The van der Waals surface area contributed by atoms with Crippen molar-refractivity contribution in [3.8, 4) is 0 Å². The lowest BCUT2D eigenvalue weighted by atomic mass is 10.1. The molecular weight excluding hydrogens is 393 g/mol. The Morgan fingerprint density at radius 1 is 0.767 bits per heavy atom. The molecule has 0 heterocycles. The van der Waals surface area contributed by atoms with Crippen LogP contribution in [0.1, 0.15) is 21.5 Å². The number of anilines is 2. The third kappa shape index (κ3) is 5.81. The van der Waals surface area contributed by atoms with Crippen LogP contribution >= 0.6 is 0 Å². The van der Waals surface area contributed by atoms with Crippen LogP contribution in [-0.2, 0) is 11.0 Å². The van der Waals surface area contributed by atoms with Gasteiger partial charge in [0, 0.05) is 23.0 Å². The summed E-state index contributed by atoms with van der Waals surface area (Å²) >= 11 is 0. The van der Waals surface area contributed by atoms with Crippen LogP contribution in [0.5, 0.6) is 0 Å². The average Bonchev–Trinajstić information content (AvgIpc) is 2.73. The lowest BCUT2D eigenvalue weighted by Crippen LogP contribution is -2.13. The van der Waals surface area contributed by atoms with E-state index in [1.165, 1.54) is 42.5 Å². The molecule has 0 spiro atoms. The molecule has 0 bridgehead atoms. The molecule has 0 aromatic heterocycles. The number of nitrogens with one attached hydrogen (secondary N) is 2. The fourth-order valence-electron chi connectivity index (χ4n) is 2.60. The van der Waals surface area contributed by atoms with Crippen molar-refractivity contribution in [1.29, 1.82) is 0 Å². The number of carbonyl (C=O) groups excluding carboxylic acids is 2. The Hall–Kier alpha value is -3.87. The number of carbonyl (C=O) groups is 2. The molecule has 0 aliphatic heterocycles. The van der Waals surface area contributed by atoms with Gasteiger partial charge in [0.2, 0.25) is 5.91 Å². The van der Waals surface area contributed by atoms with Crippen LogP contribution in [0.15, 0.2) is 84.9 Å². The lowest BCUT2D eigenvalue weighted by molar-refractivity contribution is -0.137. The Kier molecular flexibility index (Phi) is 6.32. The minimum Gasteiger partial charge on any atom is -0.323 e. The predicted molar refractivity (Wildman–Crippen MR) is 110 cm³/mol. The number of hydrogen-bond donors (Lipinski definition) is 2. The quantitative estimate of drug-likeness (QED) is 0.537. The van der Waals surface area contributed by atoms with E-state index < -0.39 is 17.6 Å². The van der Waals surface area contributed by atoms with Gasteiger partial charge in [0.05, 0.1) is 5.56 Å². The summed E-state index contributed by atoms with van der Waals surface area (Å²) < 4.78 is 38.3. The van der Waals surface area contributed by atoms with Gasteiger partial charge in [-0.25, -0.2) is 0 Å². The van der Waals surface area contributed by atoms with Gasteiger partial charge in [0.25, 0.3) is 5.91 Å². The van der Waals surface area contributed by atoms with Gasteiger partial charge in [0.1, 0.15) is 0 Å². The van der Waals surface area contributed by atoms with Crippen LogP contribution in [0.2, 0.25) is 0 Å². The number of amides is 2. The van der Waals surface area contributed by atoms with Crippen LogP contribution in [0.3, 0.4) is 0 Å². The van der Waals surface area contributed by atoms with Gasteiger partial charge in [0.15, 0.2) is 0 Å². The lowest BCUT2D eigenvalue weighted by Gasteiger charge is -2.10. The maximum atomic E-state index is 12.8. The van der Waals surface area contributed by atoms with Gasteiger partial charge in [-0.05, 0) is 54.1 Å². The van der Waals surface area contributed by atoms with Crippen molar-refractivity contribution < 1.29 is 22.8 Å². The van der Waals surface area contributed by atoms with Crippen LogP contribution < -0.4 is 10.6 Å². The molecule has 0 saturated carbocycles. The summed E-state index contributed by atoms with van der Waals surface area (Å²) in [4.78, 5) is 24.3. The fraction of sp³-hybridized carbons (Fsp3) is 0.0435. The zero-order chi connectivity index (χ0) is 21.6. The average molecular weight is 410 g/mol. The van der Waals surface area contributed by atoms with Crippen molar-refractivity contribution in [2.45, 2.75) is 6.18 Å².